The minimum atomic E-state index is -0.744. The summed E-state index contributed by atoms with van der Waals surface area (Å²) in [6.07, 6.45) is 6.73. The number of carbonyl (C=O) groups is 2. The van der Waals surface area contributed by atoms with Gasteiger partial charge in [-0.3, -0.25) is 14.6 Å². The second kappa shape index (κ2) is 10.4. The highest BCUT2D eigenvalue weighted by Gasteiger charge is 2.51. The number of anilines is 1. The van der Waals surface area contributed by atoms with Crippen molar-refractivity contribution < 1.29 is 19.4 Å². The van der Waals surface area contributed by atoms with E-state index in [0.717, 1.165) is 28.3 Å². The molecule has 220 valence electrons. The number of hydrogen-bond acceptors (Lipinski definition) is 7. The second-order valence-corrected chi connectivity index (χ2v) is 12.2. The van der Waals surface area contributed by atoms with Gasteiger partial charge in [-0.05, 0) is 49.9 Å². The van der Waals surface area contributed by atoms with E-state index < -0.39 is 11.0 Å². The van der Waals surface area contributed by atoms with E-state index in [2.05, 4.69) is 37.3 Å². The minimum Gasteiger partial charge on any atom is -0.394 e. The maximum Gasteiger partial charge on any atom is 0.253 e. The Balaban J connectivity index is 1.17. The van der Waals surface area contributed by atoms with Crippen molar-refractivity contribution in [3.8, 4) is 0 Å². The number of nitrogens with one attached hydrogen (secondary N) is 2. The highest BCUT2D eigenvalue weighted by atomic mass is 16.5. The Morgan fingerprint density at radius 1 is 1.14 bits per heavy atom. The van der Waals surface area contributed by atoms with Gasteiger partial charge >= 0.3 is 0 Å². The van der Waals surface area contributed by atoms with Crippen molar-refractivity contribution in [1.82, 2.24) is 24.8 Å². The summed E-state index contributed by atoms with van der Waals surface area (Å²) in [4.78, 5) is 40.6. The first-order valence-electron chi connectivity index (χ1n) is 14.7. The topological polar surface area (TPSA) is 131 Å². The largest absolute Gasteiger partial charge is 0.394 e. The number of fused-ring (bicyclic) bond motifs is 4. The van der Waals surface area contributed by atoms with Crippen molar-refractivity contribution >= 4 is 17.6 Å². The van der Waals surface area contributed by atoms with E-state index in [9.17, 15) is 14.7 Å². The predicted octanol–water partition coefficient (Wildman–Crippen LogP) is 3.56. The molecule has 0 bridgehead atoms. The summed E-state index contributed by atoms with van der Waals surface area (Å²) in [6.45, 7) is 4.78. The van der Waals surface area contributed by atoms with E-state index in [1.165, 1.54) is 5.56 Å². The lowest BCUT2D eigenvalue weighted by Crippen LogP contribution is -2.37. The number of amides is 2. The third kappa shape index (κ3) is 4.61. The molecule has 0 saturated heterocycles. The van der Waals surface area contributed by atoms with Gasteiger partial charge in [0.25, 0.3) is 5.91 Å². The normalized spacial score (nSPS) is 22.2. The quantitative estimate of drug-likeness (QED) is 0.306. The number of aromatic nitrogens is 4. The molecule has 4 aromatic rings. The number of imidazole rings is 1. The molecule has 43 heavy (non-hydrogen) atoms. The van der Waals surface area contributed by atoms with Crippen molar-refractivity contribution in [2.45, 2.75) is 62.6 Å². The van der Waals surface area contributed by atoms with E-state index in [-0.39, 0.29) is 37.0 Å². The van der Waals surface area contributed by atoms with Crippen LogP contribution >= 0.6 is 0 Å². The fourth-order valence-electron chi connectivity index (χ4n) is 6.97. The molecule has 5 heterocycles. The maximum atomic E-state index is 13.8. The Morgan fingerprint density at radius 3 is 2.79 bits per heavy atom. The molecular formula is C33H34N6O4. The van der Waals surface area contributed by atoms with Crippen LogP contribution in [0.25, 0.3) is 0 Å². The van der Waals surface area contributed by atoms with Crippen molar-refractivity contribution in [2.75, 3.05) is 18.5 Å². The minimum absolute atomic E-state index is 0.0697. The Kier molecular flexibility index (Phi) is 6.63. The number of carbonyl (C=O) groups excluding carboxylic acids is 2. The van der Waals surface area contributed by atoms with Crippen molar-refractivity contribution in [2.24, 2.45) is 0 Å². The first kappa shape index (κ1) is 27.4. The second-order valence-electron chi connectivity index (χ2n) is 12.2. The third-order valence-electron chi connectivity index (χ3n) is 9.14. The van der Waals surface area contributed by atoms with E-state index in [0.29, 0.717) is 37.2 Å². The fourth-order valence-corrected chi connectivity index (χ4v) is 6.97. The number of hydrogen-bond donors (Lipinski definition) is 3. The summed E-state index contributed by atoms with van der Waals surface area (Å²) in [5, 5.41) is 15.5. The average Bonchev–Trinajstić information content (AvgIpc) is 3.70. The van der Waals surface area contributed by atoms with Crippen LogP contribution in [-0.4, -0.2) is 49.7 Å². The Bertz CT molecular complexity index is 1720. The molecule has 10 heteroatoms. The molecule has 0 fully saturated rings. The molecule has 10 nitrogen and oxygen atoms in total. The number of pyridine rings is 2. The molecule has 0 radical (unpaired) electrons. The molecule has 1 aromatic carbocycles. The number of ether oxygens (including phenoxy) is 1. The maximum absolute atomic E-state index is 13.8. The van der Waals surface area contributed by atoms with Crippen molar-refractivity contribution in [3.63, 3.8) is 0 Å². The standard InChI is InChI=1S/C33H34N6O4/c1-32(2,43-12-11-40)27-18-36-29-25(14-23(19-39(27)29)20-7-4-3-5-8-20)37-30(41)22-13-21-15-33(16-26(21)35-17-22)24-9-6-10-34-28(24)38-31(33)42/h3-10,13,17-18,23,25,40H,11-12,14-16,19H2,1-2H3,(H,37,41)(H,34,38,42)/t23-,25+,33?/m1/s1. The van der Waals surface area contributed by atoms with Crippen LogP contribution in [0.2, 0.25) is 0 Å². The molecule has 1 spiro atoms. The van der Waals surface area contributed by atoms with E-state index in [4.69, 9.17) is 9.72 Å². The molecule has 3 aliphatic rings. The van der Waals surface area contributed by atoms with Gasteiger partial charge in [-0.1, -0.05) is 36.4 Å². The number of aliphatic hydroxyl groups excluding tert-OH is 1. The van der Waals surface area contributed by atoms with Crippen LogP contribution in [0.4, 0.5) is 5.82 Å². The summed E-state index contributed by atoms with van der Waals surface area (Å²) < 4.78 is 8.14. The van der Waals surface area contributed by atoms with Gasteiger partial charge in [0.1, 0.15) is 17.2 Å². The van der Waals surface area contributed by atoms with Crippen molar-refractivity contribution in [1.29, 1.82) is 0 Å². The van der Waals surface area contributed by atoms with Gasteiger partial charge in [-0.25, -0.2) is 9.97 Å². The summed E-state index contributed by atoms with van der Waals surface area (Å²) in [5.41, 5.74) is 3.72. The zero-order valence-electron chi connectivity index (χ0n) is 24.2. The molecule has 2 amide bonds. The smallest absolute Gasteiger partial charge is 0.253 e. The molecule has 3 aromatic heterocycles. The summed E-state index contributed by atoms with van der Waals surface area (Å²) in [6, 6.07) is 15.6. The van der Waals surface area contributed by atoms with Crippen LogP contribution in [0.1, 0.15) is 76.5 Å². The first-order chi connectivity index (χ1) is 20.8. The van der Waals surface area contributed by atoms with E-state index in [1.54, 1.807) is 12.4 Å². The van der Waals surface area contributed by atoms with Gasteiger partial charge in [0.2, 0.25) is 5.91 Å². The number of aliphatic hydroxyl groups is 1. The highest BCUT2D eigenvalue weighted by molar-refractivity contribution is 6.06. The summed E-state index contributed by atoms with van der Waals surface area (Å²) in [5.74, 6) is 1.21. The molecule has 1 aliphatic carbocycles. The van der Waals surface area contributed by atoms with Crippen LogP contribution in [0.3, 0.4) is 0 Å². The molecule has 2 aliphatic heterocycles. The number of benzene rings is 1. The zero-order valence-corrected chi connectivity index (χ0v) is 24.2. The van der Waals surface area contributed by atoms with Gasteiger partial charge in [-0.15, -0.1) is 0 Å². The van der Waals surface area contributed by atoms with Crippen LogP contribution in [0, 0.1) is 0 Å². The Morgan fingerprint density at radius 2 is 1.98 bits per heavy atom. The summed E-state index contributed by atoms with van der Waals surface area (Å²) in [7, 11) is 0. The molecule has 3 N–H and O–H groups in total. The Labute approximate surface area is 249 Å². The summed E-state index contributed by atoms with van der Waals surface area (Å²) >= 11 is 0. The van der Waals surface area contributed by atoms with Gasteiger partial charge in [-0.2, -0.15) is 0 Å². The van der Waals surface area contributed by atoms with Crippen LogP contribution < -0.4 is 10.6 Å². The van der Waals surface area contributed by atoms with Gasteiger partial charge in [0.05, 0.1) is 42.1 Å². The number of nitrogens with zero attached hydrogens (tertiary/aromatic N) is 4. The molecule has 7 rings (SSSR count). The van der Waals surface area contributed by atoms with Crippen LogP contribution in [-0.2, 0) is 39.9 Å². The molecule has 0 saturated carbocycles. The molecule has 3 atom stereocenters. The van der Waals surface area contributed by atoms with E-state index in [1.807, 2.05) is 56.4 Å². The zero-order chi connectivity index (χ0) is 29.8. The van der Waals surface area contributed by atoms with Gasteiger partial charge in [0.15, 0.2) is 0 Å². The third-order valence-corrected chi connectivity index (χ3v) is 9.14. The lowest BCUT2D eigenvalue weighted by Gasteiger charge is -2.35. The van der Waals surface area contributed by atoms with Crippen LogP contribution in [0.5, 0.6) is 0 Å². The lowest BCUT2D eigenvalue weighted by molar-refractivity contribution is -0.120. The monoisotopic (exact) mass is 578 g/mol. The van der Waals surface area contributed by atoms with E-state index >= 15 is 0 Å². The Hall–Kier alpha value is -4.41. The molecular weight excluding hydrogens is 544 g/mol. The van der Waals surface area contributed by atoms with Gasteiger partial charge in [0, 0.05) is 42.5 Å². The fraction of sp³-hybridized carbons (Fsp3) is 0.364. The van der Waals surface area contributed by atoms with Gasteiger partial charge < -0.3 is 25.0 Å². The number of rotatable bonds is 7. The lowest BCUT2D eigenvalue weighted by atomic mass is 9.80. The first-order valence-corrected chi connectivity index (χ1v) is 14.7. The SMILES string of the molecule is CC(C)(OCCO)c1cnc2n1C[C@H](c1ccccc1)C[C@@H]2NC(=O)c1cnc2c(c1)CC1(C2)C(=O)Nc2ncccc21. The van der Waals surface area contributed by atoms with Crippen LogP contribution in [0.15, 0.2) is 67.1 Å². The highest BCUT2D eigenvalue weighted by Crippen LogP contribution is 2.46. The van der Waals surface area contributed by atoms with Crippen molar-refractivity contribution in [3.05, 3.63) is 107 Å². The average molecular weight is 579 g/mol. The predicted molar refractivity (Wildman–Crippen MR) is 158 cm³/mol. The molecule has 1 unspecified atom stereocenters.